The summed E-state index contributed by atoms with van der Waals surface area (Å²) in [6, 6.07) is 16.1. The number of amides is 5. The van der Waals surface area contributed by atoms with Crippen molar-refractivity contribution in [2.75, 3.05) is 22.5 Å². The fourth-order valence-electron chi connectivity index (χ4n) is 3.41. The highest BCUT2D eigenvalue weighted by molar-refractivity contribution is 6.43. The van der Waals surface area contributed by atoms with Crippen LogP contribution in [0, 0.1) is 6.92 Å². The molecular weight excluding hydrogens is 479 g/mol. The van der Waals surface area contributed by atoms with Gasteiger partial charge >= 0.3 is 6.03 Å². The number of carbonyl (C=O) groups is 4. The van der Waals surface area contributed by atoms with E-state index in [-0.39, 0.29) is 21.2 Å². The van der Waals surface area contributed by atoms with Gasteiger partial charge in [0.1, 0.15) is 6.54 Å². The molecule has 0 unspecified atom stereocenters. The maximum atomic E-state index is 12.7. The monoisotopic (exact) mass is 496 g/mol. The number of halogens is 2. The number of carbonyl (C=O) groups excluding carboxylic acids is 4. The topological polar surface area (TPSA) is 108 Å². The third kappa shape index (κ3) is 4.88. The van der Waals surface area contributed by atoms with Crippen LogP contribution in [-0.4, -0.2) is 35.2 Å². The van der Waals surface area contributed by atoms with Crippen LogP contribution in [0.1, 0.15) is 26.3 Å². The highest BCUT2D eigenvalue weighted by Crippen LogP contribution is 2.31. The average Bonchev–Trinajstić information content (AvgIpc) is 3.01. The first-order valence-corrected chi connectivity index (χ1v) is 10.9. The molecule has 3 aromatic carbocycles. The lowest BCUT2D eigenvalue weighted by atomic mass is 10.1. The molecular formula is C24H18Cl2N4O4. The summed E-state index contributed by atoms with van der Waals surface area (Å²) in [5.74, 6) is -1.84. The first-order valence-electron chi connectivity index (χ1n) is 10.1. The molecule has 3 N–H and O–H groups in total. The van der Waals surface area contributed by atoms with E-state index in [1.807, 2.05) is 6.07 Å². The van der Waals surface area contributed by atoms with E-state index in [2.05, 4.69) is 16.0 Å². The SMILES string of the molecule is Cc1ccc(NC(=O)Nc2ccccc2)cc1NC(=O)CN1C(=O)c2cc(Cl)c(Cl)cc2C1=O. The van der Waals surface area contributed by atoms with Gasteiger partial charge in [0.25, 0.3) is 11.8 Å². The number of para-hydroxylation sites is 1. The first kappa shape index (κ1) is 23.3. The molecule has 10 heteroatoms. The Bertz CT molecular complexity index is 1290. The number of rotatable bonds is 5. The van der Waals surface area contributed by atoms with Gasteiger partial charge in [0.05, 0.1) is 21.2 Å². The number of imide groups is 1. The van der Waals surface area contributed by atoms with E-state index in [9.17, 15) is 19.2 Å². The van der Waals surface area contributed by atoms with E-state index in [4.69, 9.17) is 23.2 Å². The Morgan fingerprint density at radius 3 is 2.00 bits per heavy atom. The molecule has 0 bridgehead atoms. The van der Waals surface area contributed by atoms with Gasteiger partial charge < -0.3 is 16.0 Å². The number of hydrogen-bond acceptors (Lipinski definition) is 4. The number of aryl methyl sites for hydroxylation is 1. The van der Waals surface area contributed by atoms with Crippen LogP contribution in [0.25, 0.3) is 0 Å². The molecule has 1 aliphatic rings. The molecule has 0 fully saturated rings. The van der Waals surface area contributed by atoms with Gasteiger partial charge in [0.2, 0.25) is 5.91 Å². The minimum absolute atomic E-state index is 0.0963. The molecule has 5 amide bonds. The number of anilines is 3. The van der Waals surface area contributed by atoms with Gasteiger partial charge in [-0.3, -0.25) is 19.3 Å². The summed E-state index contributed by atoms with van der Waals surface area (Å²) < 4.78 is 0. The lowest BCUT2D eigenvalue weighted by molar-refractivity contribution is -0.116. The van der Waals surface area contributed by atoms with Crippen molar-refractivity contribution >= 4 is 64.0 Å². The van der Waals surface area contributed by atoms with Crippen LogP contribution in [-0.2, 0) is 4.79 Å². The molecule has 1 aliphatic heterocycles. The number of fused-ring (bicyclic) bond motifs is 1. The van der Waals surface area contributed by atoms with Crippen LogP contribution >= 0.6 is 23.2 Å². The maximum absolute atomic E-state index is 12.7. The van der Waals surface area contributed by atoms with Gasteiger partial charge in [-0.25, -0.2) is 4.79 Å². The Balaban J connectivity index is 1.43. The second-order valence-corrected chi connectivity index (χ2v) is 8.35. The van der Waals surface area contributed by atoms with Crippen LogP contribution < -0.4 is 16.0 Å². The summed E-state index contributed by atoms with van der Waals surface area (Å²) >= 11 is 11.9. The van der Waals surface area contributed by atoms with Crippen LogP contribution in [0.5, 0.6) is 0 Å². The molecule has 0 aliphatic carbocycles. The lowest BCUT2D eigenvalue weighted by Gasteiger charge is -2.15. The Labute approximate surface area is 204 Å². The molecule has 0 radical (unpaired) electrons. The van der Waals surface area contributed by atoms with Crippen LogP contribution in [0.2, 0.25) is 10.0 Å². The summed E-state index contributed by atoms with van der Waals surface area (Å²) in [5, 5.41) is 8.37. The average molecular weight is 497 g/mol. The van der Waals surface area contributed by atoms with Gasteiger partial charge in [-0.2, -0.15) is 0 Å². The van der Waals surface area contributed by atoms with E-state index in [0.717, 1.165) is 10.5 Å². The third-order valence-corrected chi connectivity index (χ3v) is 5.84. The fourth-order valence-corrected chi connectivity index (χ4v) is 3.74. The maximum Gasteiger partial charge on any atom is 0.323 e. The largest absolute Gasteiger partial charge is 0.324 e. The zero-order valence-corrected chi connectivity index (χ0v) is 19.3. The fraction of sp³-hybridized carbons (Fsp3) is 0.0833. The van der Waals surface area contributed by atoms with Crippen molar-refractivity contribution in [3.8, 4) is 0 Å². The van der Waals surface area contributed by atoms with Crippen LogP contribution in [0.3, 0.4) is 0 Å². The van der Waals surface area contributed by atoms with E-state index < -0.39 is 30.3 Å². The second kappa shape index (κ2) is 9.54. The quantitative estimate of drug-likeness (QED) is 0.422. The van der Waals surface area contributed by atoms with Crippen molar-refractivity contribution in [1.29, 1.82) is 0 Å². The second-order valence-electron chi connectivity index (χ2n) is 7.53. The standard InChI is InChI=1S/C24H18Cl2N4O4/c1-13-7-8-15(28-24(34)27-14-5-3-2-4-6-14)9-20(13)29-21(31)12-30-22(32)16-10-18(25)19(26)11-17(16)23(30)33/h2-11H,12H2,1H3,(H,29,31)(H2,27,28,34). The molecule has 0 spiro atoms. The van der Waals surface area contributed by atoms with Gasteiger partial charge in [-0.15, -0.1) is 0 Å². The van der Waals surface area contributed by atoms with Gasteiger partial charge in [-0.05, 0) is 48.9 Å². The molecule has 0 aromatic heterocycles. The molecule has 4 rings (SSSR count). The summed E-state index contributed by atoms with van der Waals surface area (Å²) in [5.41, 5.74) is 2.41. The summed E-state index contributed by atoms with van der Waals surface area (Å²) in [7, 11) is 0. The van der Waals surface area contributed by atoms with Crippen molar-refractivity contribution in [1.82, 2.24) is 4.90 Å². The Morgan fingerprint density at radius 2 is 1.38 bits per heavy atom. The zero-order chi connectivity index (χ0) is 24.4. The van der Waals surface area contributed by atoms with Gasteiger partial charge in [-0.1, -0.05) is 47.5 Å². The zero-order valence-electron chi connectivity index (χ0n) is 17.8. The van der Waals surface area contributed by atoms with Crippen molar-refractivity contribution in [3.05, 3.63) is 87.4 Å². The predicted octanol–water partition coefficient (Wildman–Crippen LogP) is 5.18. The minimum atomic E-state index is -0.626. The predicted molar refractivity (Wildman–Crippen MR) is 131 cm³/mol. The number of nitrogens with zero attached hydrogens (tertiary/aromatic N) is 1. The molecule has 0 atom stereocenters. The van der Waals surface area contributed by atoms with E-state index in [1.54, 1.807) is 49.4 Å². The Hall–Kier alpha value is -3.88. The molecule has 0 saturated carbocycles. The number of urea groups is 1. The van der Waals surface area contributed by atoms with E-state index >= 15 is 0 Å². The van der Waals surface area contributed by atoms with E-state index in [0.29, 0.717) is 17.1 Å². The first-order chi connectivity index (χ1) is 16.2. The van der Waals surface area contributed by atoms with Gasteiger partial charge in [0.15, 0.2) is 0 Å². The third-order valence-electron chi connectivity index (χ3n) is 5.11. The number of hydrogen-bond donors (Lipinski definition) is 3. The molecule has 8 nitrogen and oxygen atoms in total. The van der Waals surface area contributed by atoms with Crippen molar-refractivity contribution in [2.45, 2.75) is 6.92 Å². The van der Waals surface area contributed by atoms with Crippen LogP contribution in [0.4, 0.5) is 21.9 Å². The molecule has 1 heterocycles. The number of nitrogens with one attached hydrogen (secondary N) is 3. The summed E-state index contributed by atoms with van der Waals surface area (Å²) in [6.45, 7) is 1.28. The van der Waals surface area contributed by atoms with Crippen molar-refractivity contribution in [2.24, 2.45) is 0 Å². The molecule has 34 heavy (non-hydrogen) atoms. The Kier molecular flexibility index (Phi) is 6.54. The smallest absolute Gasteiger partial charge is 0.323 e. The molecule has 172 valence electrons. The number of benzene rings is 3. The summed E-state index contributed by atoms with van der Waals surface area (Å²) in [6.07, 6.45) is 0. The highest BCUT2D eigenvalue weighted by atomic mass is 35.5. The highest BCUT2D eigenvalue weighted by Gasteiger charge is 2.37. The summed E-state index contributed by atoms with van der Waals surface area (Å²) in [4.78, 5) is 51.0. The van der Waals surface area contributed by atoms with Crippen LogP contribution in [0.15, 0.2) is 60.7 Å². The van der Waals surface area contributed by atoms with Gasteiger partial charge in [0, 0.05) is 17.1 Å². The molecule has 0 saturated heterocycles. The van der Waals surface area contributed by atoms with E-state index in [1.165, 1.54) is 12.1 Å². The molecule has 3 aromatic rings. The minimum Gasteiger partial charge on any atom is -0.324 e. The lowest BCUT2D eigenvalue weighted by Crippen LogP contribution is -2.37. The van der Waals surface area contributed by atoms with Crippen molar-refractivity contribution in [3.63, 3.8) is 0 Å². The Morgan fingerprint density at radius 1 is 0.794 bits per heavy atom. The van der Waals surface area contributed by atoms with Crippen molar-refractivity contribution < 1.29 is 19.2 Å². The normalized spacial score (nSPS) is 12.4.